The summed E-state index contributed by atoms with van der Waals surface area (Å²) in [7, 11) is 0. The van der Waals surface area contributed by atoms with Crippen LogP contribution in [0.2, 0.25) is 0 Å². The number of hydrogen-bond acceptors (Lipinski definition) is 6. The first-order valence-electron chi connectivity index (χ1n) is 7.80. The molecular weight excluding hydrogens is 312 g/mol. The van der Waals surface area contributed by atoms with Crippen molar-refractivity contribution in [3.05, 3.63) is 29.4 Å². The average molecular weight is 332 g/mol. The second-order valence-corrected chi connectivity index (χ2v) is 6.36. The Hall–Kier alpha value is -2.22. The van der Waals surface area contributed by atoms with Crippen molar-refractivity contribution in [3.8, 4) is 0 Å². The van der Waals surface area contributed by atoms with Crippen molar-refractivity contribution < 1.29 is 4.79 Å². The van der Waals surface area contributed by atoms with Crippen LogP contribution in [-0.2, 0) is 6.42 Å². The third kappa shape index (κ3) is 3.95. The van der Waals surface area contributed by atoms with Crippen LogP contribution in [0.4, 0.5) is 15.7 Å². The van der Waals surface area contributed by atoms with Gasteiger partial charge in [0.15, 0.2) is 0 Å². The number of nitrogens with one attached hydrogen (secondary N) is 1. The smallest absolute Gasteiger partial charge is 0.323 e. The van der Waals surface area contributed by atoms with Gasteiger partial charge in [0.2, 0.25) is 5.13 Å². The number of hydrogen-bond donors (Lipinski definition) is 1. The number of aromatic nitrogens is 3. The molecule has 1 saturated heterocycles. The van der Waals surface area contributed by atoms with Gasteiger partial charge in [0.05, 0.1) is 0 Å². The average Bonchev–Trinajstić information content (AvgIpc) is 2.89. The van der Waals surface area contributed by atoms with Crippen molar-refractivity contribution >= 4 is 28.3 Å². The highest BCUT2D eigenvalue weighted by atomic mass is 32.1. The highest BCUT2D eigenvalue weighted by Gasteiger charge is 2.20. The molecular formula is C15H20N6OS. The van der Waals surface area contributed by atoms with Crippen LogP contribution < -0.4 is 10.2 Å². The minimum atomic E-state index is -0.105. The number of anilines is 2. The van der Waals surface area contributed by atoms with E-state index < -0.39 is 0 Å². The van der Waals surface area contributed by atoms with Crippen LogP contribution in [0.25, 0.3) is 0 Å². The van der Waals surface area contributed by atoms with E-state index in [0.29, 0.717) is 11.7 Å². The third-order valence-electron chi connectivity index (χ3n) is 3.74. The molecule has 0 radical (unpaired) electrons. The van der Waals surface area contributed by atoms with E-state index in [0.717, 1.165) is 43.3 Å². The number of amides is 2. The molecule has 0 unspecified atom stereocenters. The summed E-state index contributed by atoms with van der Waals surface area (Å²) in [6.07, 6.45) is 3.54. The molecule has 8 heteroatoms. The molecule has 2 aromatic rings. The second kappa shape index (κ2) is 7.36. The Bertz CT molecular complexity index is 646. The minimum Gasteiger partial charge on any atom is -0.355 e. The lowest BCUT2D eigenvalue weighted by Crippen LogP contribution is -2.38. The monoisotopic (exact) mass is 332 g/mol. The van der Waals surface area contributed by atoms with Gasteiger partial charge in [0, 0.05) is 32.4 Å². The fraction of sp³-hybridized carbons (Fsp3) is 0.467. The lowest BCUT2D eigenvalue weighted by atomic mass is 10.3. The fourth-order valence-corrected chi connectivity index (χ4v) is 3.18. The van der Waals surface area contributed by atoms with E-state index in [1.165, 1.54) is 11.3 Å². The Morgan fingerprint density at radius 1 is 1.26 bits per heavy atom. The van der Waals surface area contributed by atoms with E-state index >= 15 is 0 Å². The molecule has 0 aliphatic carbocycles. The first-order chi connectivity index (χ1) is 11.3. The van der Waals surface area contributed by atoms with Crippen molar-refractivity contribution in [3.63, 3.8) is 0 Å². The van der Waals surface area contributed by atoms with Crippen LogP contribution in [0, 0.1) is 0 Å². The lowest BCUT2D eigenvalue weighted by Gasteiger charge is -2.22. The maximum Gasteiger partial charge on any atom is 0.323 e. The molecule has 3 rings (SSSR count). The molecule has 0 aromatic carbocycles. The summed E-state index contributed by atoms with van der Waals surface area (Å²) < 4.78 is 0. The SMILES string of the molecule is CCc1nnc(NC(=O)N2CCCN(c3ccccn3)CC2)s1. The number of nitrogens with zero attached hydrogens (tertiary/aromatic N) is 5. The lowest BCUT2D eigenvalue weighted by molar-refractivity contribution is 0.215. The Morgan fingerprint density at radius 3 is 2.91 bits per heavy atom. The Labute approximate surface area is 139 Å². The third-order valence-corrected chi connectivity index (χ3v) is 4.72. The first kappa shape index (κ1) is 15.7. The standard InChI is InChI=1S/C15H20N6OS/c1-2-13-18-19-14(23-13)17-15(22)21-9-5-8-20(10-11-21)12-6-3-4-7-16-12/h3-4,6-7H,2,5,8-11H2,1H3,(H,17,19,22). The van der Waals surface area contributed by atoms with Crippen molar-refractivity contribution in [2.75, 3.05) is 36.4 Å². The van der Waals surface area contributed by atoms with Crippen molar-refractivity contribution in [2.24, 2.45) is 0 Å². The number of urea groups is 1. The van der Waals surface area contributed by atoms with Gasteiger partial charge in [-0.25, -0.2) is 9.78 Å². The maximum absolute atomic E-state index is 12.4. The molecule has 1 aliphatic heterocycles. The zero-order chi connectivity index (χ0) is 16.1. The maximum atomic E-state index is 12.4. The number of carbonyl (C=O) groups is 1. The molecule has 0 bridgehead atoms. The zero-order valence-electron chi connectivity index (χ0n) is 13.1. The van der Waals surface area contributed by atoms with Gasteiger partial charge in [0.25, 0.3) is 0 Å². The van der Waals surface area contributed by atoms with Crippen LogP contribution >= 0.6 is 11.3 Å². The van der Waals surface area contributed by atoms with Gasteiger partial charge in [-0.3, -0.25) is 5.32 Å². The fourth-order valence-electron chi connectivity index (χ4n) is 2.51. The topological polar surface area (TPSA) is 74.2 Å². The van der Waals surface area contributed by atoms with Crippen LogP contribution in [0.15, 0.2) is 24.4 Å². The Morgan fingerprint density at radius 2 is 2.17 bits per heavy atom. The molecule has 122 valence electrons. The van der Waals surface area contributed by atoms with E-state index in [-0.39, 0.29) is 6.03 Å². The van der Waals surface area contributed by atoms with Crippen LogP contribution in [0.5, 0.6) is 0 Å². The van der Waals surface area contributed by atoms with E-state index in [9.17, 15) is 4.79 Å². The normalized spacial score (nSPS) is 15.3. The molecule has 2 aromatic heterocycles. The van der Waals surface area contributed by atoms with Gasteiger partial charge in [-0.2, -0.15) is 0 Å². The van der Waals surface area contributed by atoms with Gasteiger partial charge < -0.3 is 9.80 Å². The minimum absolute atomic E-state index is 0.105. The first-order valence-corrected chi connectivity index (χ1v) is 8.62. The molecule has 0 spiro atoms. The van der Waals surface area contributed by atoms with Crippen LogP contribution in [0.3, 0.4) is 0 Å². The van der Waals surface area contributed by atoms with E-state index in [4.69, 9.17) is 0 Å². The van der Waals surface area contributed by atoms with Crippen LogP contribution in [-0.4, -0.2) is 52.3 Å². The highest BCUT2D eigenvalue weighted by Crippen LogP contribution is 2.17. The van der Waals surface area contributed by atoms with Gasteiger partial charge in [0.1, 0.15) is 10.8 Å². The summed E-state index contributed by atoms with van der Waals surface area (Å²) in [6, 6.07) is 5.79. The second-order valence-electron chi connectivity index (χ2n) is 5.30. The zero-order valence-corrected chi connectivity index (χ0v) is 13.9. The number of aryl methyl sites for hydroxylation is 1. The molecule has 0 atom stereocenters. The molecule has 1 fully saturated rings. The predicted octanol–water partition coefficient (Wildman–Crippen LogP) is 2.24. The largest absolute Gasteiger partial charge is 0.355 e. The van der Waals surface area contributed by atoms with Crippen molar-refractivity contribution in [1.82, 2.24) is 20.1 Å². The van der Waals surface area contributed by atoms with Gasteiger partial charge >= 0.3 is 6.03 Å². The van der Waals surface area contributed by atoms with Crippen molar-refractivity contribution in [2.45, 2.75) is 19.8 Å². The van der Waals surface area contributed by atoms with Crippen LogP contribution in [0.1, 0.15) is 18.4 Å². The summed E-state index contributed by atoms with van der Waals surface area (Å²) in [5.41, 5.74) is 0. The Balaban J connectivity index is 1.58. The van der Waals surface area contributed by atoms with E-state index in [2.05, 4.69) is 25.4 Å². The molecule has 3 heterocycles. The summed E-state index contributed by atoms with van der Waals surface area (Å²) in [4.78, 5) is 20.8. The molecule has 23 heavy (non-hydrogen) atoms. The predicted molar refractivity (Wildman–Crippen MR) is 90.9 cm³/mol. The van der Waals surface area contributed by atoms with Gasteiger partial charge in [-0.05, 0) is 25.0 Å². The van der Waals surface area contributed by atoms with E-state index in [1.807, 2.05) is 30.0 Å². The quantitative estimate of drug-likeness (QED) is 0.933. The summed E-state index contributed by atoms with van der Waals surface area (Å²) in [6.45, 7) is 5.10. The summed E-state index contributed by atoms with van der Waals surface area (Å²) in [5, 5.41) is 12.4. The highest BCUT2D eigenvalue weighted by molar-refractivity contribution is 7.15. The molecule has 2 amide bonds. The van der Waals surface area contributed by atoms with E-state index in [1.54, 1.807) is 6.20 Å². The number of rotatable bonds is 3. The molecule has 7 nitrogen and oxygen atoms in total. The molecule has 1 aliphatic rings. The van der Waals surface area contributed by atoms with Gasteiger partial charge in [-0.1, -0.05) is 24.3 Å². The number of carbonyl (C=O) groups excluding carboxylic acids is 1. The van der Waals surface area contributed by atoms with Gasteiger partial charge in [-0.15, -0.1) is 10.2 Å². The van der Waals surface area contributed by atoms with Crippen molar-refractivity contribution in [1.29, 1.82) is 0 Å². The Kier molecular flexibility index (Phi) is 5.02. The summed E-state index contributed by atoms with van der Waals surface area (Å²) >= 11 is 1.43. The number of pyridine rings is 1. The molecule has 1 N–H and O–H groups in total. The summed E-state index contributed by atoms with van der Waals surface area (Å²) in [5.74, 6) is 0.964. The molecule has 0 saturated carbocycles.